The molecule has 0 aliphatic carbocycles. The zero-order chi connectivity index (χ0) is 17.6. The van der Waals surface area contributed by atoms with Crippen LogP contribution in [-0.2, 0) is 7.05 Å². The van der Waals surface area contributed by atoms with Crippen molar-refractivity contribution in [3.8, 4) is 0 Å². The first kappa shape index (κ1) is 15.9. The number of amides is 1. The normalized spacial score (nSPS) is 16.6. The van der Waals surface area contributed by atoms with Crippen molar-refractivity contribution in [1.29, 1.82) is 0 Å². The third-order valence-electron chi connectivity index (χ3n) is 5.00. The summed E-state index contributed by atoms with van der Waals surface area (Å²) in [4.78, 5) is 27.3. The smallest absolute Gasteiger partial charge is 0.274 e. The van der Waals surface area contributed by atoms with E-state index < -0.39 is 0 Å². The van der Waals surface area contributed by atoms with Crippen molar-refractivity contribution >= 4 is 28.8 Å². The van der Waals surface area contributed by atoms with Crippen molar-refractivity contribution in [3.63, 3.8) is 0 Å². The Morgan fingerprint density at radius 2 is 1.92 bits per heavy atom. The first-order valence-corrected chi connectivity index (χ1v) is 8.67. The fraction of sp³-hybridized carbons (Fsp3) is 0.368. The highest BCUT2D eigenvalue weighted by atomic mass is 16.2. The predicted octanol–water partition coefficient (Wildman–Crippen LogP) is 2.92. The molecule has 3 heterocycles. The third kappa shape index (κ3) is 2.82. The van der Waals surface area contributed by atoms with Gasteiger partial charge in [-0.25, -0.2) is 0 Å². The summed E-state index contributed by atoms with van der Waals surface area (Å²) in [6, 6.07) is 5.44. The lowest BCUT2D eigenvalue weighted by atomic mass is 10.1. The number of nitrogens with one attached hydrogen (secondary N) is 2. The van der Waals surface area contributed by atoms with E-state index in [1.54, 1.807) is 12.1 Å². The Balaban J connectivity index is 1.65. The molecule has 0 atom stereocenters. The average Bonchev–Trinajstić information content (AvgIpc) is 3.13. The topological polar surface area (TPSA) is 66.4 Å². The quantitative estimate of drug-likeness (QED) is 0.845. The number of carbonyl (C=O) groups is 2. The van der Waals surface area contributed by atoms with Gasteiger partial charge in [-0.05, 0) is 56.6 Å². The second kappa shape index (κ2) is 6.04. The molecular formula is C19H22N4O2. The largest absolute Gasteiger partial charge is 0.352 e. The summed E-state index contributed by atoms with van der Waals surface area (Å²) >= 11 is 0. The minimum Gasteiger partial charge on any atom is -0.352 e. The van der Waals surface area contributed by atoms with Gasteiger partial charge in [0.2, 0.25) is 0 Å². The molecule has 6 heteroatoms. The van der Waals surface area contributed by atoms with Crippen LogP contribution in [0.25, 0.3) is 0 Å². The molecule has 0 spiro atoms. The van der Waals surface area contributed by atoms with Gasteiger partial charge in [-0.1, -0.05) is 0 Å². The molecule has 0 radical (unpaired) electrons. The minimum atomic E-state index is -0.145. The Hall–Kier alpha value is -2.60. The number of aromatic nitrogens is 1. The van der Waals surface area contributed by atoms with Crippen molar-refractivity contribution in [2.45, 2.75) is 19.8 Å². The highest BCUT2D eigenvalue weighted by molar-refractivity contribution is 6.12. The number of fused-ring (bicyclic) bond motifs is 2. The zero-order valence-corrected chi connectivity index (χ0v) is 14.6. The molecule has 130 valence electrons. The van der Waals surface area contributed by atoms with Crippen molar-refractivity contribution < 1.29 is 9.59 Å². The van der Waals surface area contributed by atoms with Crippen LogP contribution >= 0.6 is 0 Å². The third-order valence-corrected chi connectivity index (χ3v) is 5.00. The monoisotopic (exact) mass is 338 g/mol. The number of Topliss-reactive ketones (excluding diaryl/α,β-unsaturated/α-hetero) is 1. The van der Waals surface area contributed by atoms with E-state index in [0.29, 0.717) is 23.5 Å². The molecule has 1 aromatic heterocycles. The highest BCUT2D eigenvalue weighted by Crippen LogP contribution is 2.35. The molecule has 2 N–H and O–H groups in total. The lowest BCUT2D eigenvalue weighted by molar-refractivity contribution is 0.0944. The number of hydrogen-bond acceptors (Lipinski definition) is 4. The molecule has 2 aliphatic rings. The highest BCUT2D eigenvalue weighted by Gasteiger charge is 2.25. The molecule has 1 aromatic carbocycles. The Bertz CT molecular complexity index is 863. The summed E-state index contributed by atoms with van der Waals surface area (Å²) < 4.78 is 1.82. The van der Waals surface area contributed by atoms with Crippen LogP contribution in [-0.4, -0.2) is 40.8 Å². The van der Waals surface area contributed by atoms with Crippen LogP contribution in [0.3, 0.4) is 0 Å². The number of likely N-dealkylation sites (tertiary alicyclic amines) is 1. The molecule has 6 nitrogen and oxygen atoms in total. The van der Waals surface area contributed by atoms with Gasteiger partial charge in [-0.2, -0.15) is 0 Å². The zero-order valence-electron chi connectivity index (χ0n) is 14.6. The van der Waals surface area contributed by atoms with Gasteiger partial charge in [0.25, 0.3) is 5.91 Å². The van der Waals surface area contributed by atoms with E-state index in [0.717, 1.165) is 30.0 Å². The molecule has 0 saturated carbocycles. The van der Waals surface area contributed by atoms with Crippen LogP contribution < -0.4 is 10.6 Å². The van der Waals surface area contributed by atoms with E-state index in [2.05, 4.69) is 15.5 Å². The SMILES string of the molecule is Cc1cn(C)c2c1Nc1cc(C(=O)CN3CCCC3)ccc1NC2=O. The first-order valence-electron chi connectivity index (χ1n) is 8.67. The summed E-state index contributed by atoms with van der Waals surface area (Å²) in [7, 11) is 1.86. The fourth-order valence-corrected chi connectivity index (χ4v) is 3.70. The minimum absolute atomic E-state index is 0.118. The molecule has 2 aliphatic heterocycles. The van der Waals surface area contributed by atoms with E-state index in [1.807, 2.05) is 30.8 Å². The Kier molecular flexibility index (Phi) is 3.84. The van der Waals surface area contributed by atoms with Gasteiger partial charge >= 0.3 is 0 Å². The summed E-state index contributed by atoms with van der Waals surface area (Å²) in [5, 5.41) is 6.27. The van der Waals surface area contributed by atoms with E-state index in [9.17, 15) is 9.59 Å². The number of benzene rings is 1. The van der Waals surface area contributed by atoms with Crippen molar-refractivity contribution in [2.24, 2.45) is 7.05 Å². The number of nitrogens with zero attached hydrogens (tertiary/aromatic N) is 2. The molecule has 1 saturated heterocycles. The standard InChI is InChI=1S/C19H22N4O2/c1-12-10-22(2)18-17(12)20-15-9-13(5-6-14(15)21-19(18)25)16(24)11-23-7-3-4-8-23/h5-6,9-10,20H,3-4,7-8,11H2,1-2H3,(H,21,25). The van der Waals surface area contributed by atoms with Crippen molar-refractivity contribution in [1.82, 2.24) is 9.47 Å². The van der Waals surface area contributed by atoms with Gasteiger partial charge in [0.1, 0.15) is 5.69 Å². The summed E-state index contributed by atoms with van der Waals surface area (Å²) in [6.07, 6.45) is 4.26. The molecule has 1 amide bonds. The van der Waals surface area contributed by atoms with Gasteiger partial charge in [0.05, 0.1) is 23.6 Å². The van der Waals surface area contributed by atoms with E-state index in [1.165, 1.54) is 12.8 Å². The molecule has 0 unspecified atom stereocenters. The second-order valence-corrected chi connectivity index (χ2v) is 6.89. The maximum absolute atomic E-state index is 12.6. The number of carbonyl (C=O) groups excluding carboxylic acids is 2. The first-order chi connectivity index (χ1) is 12.0. The van der Waals surface area contributed by atoms with Crippen molar-refractivity contribution in [3.05, 3.63) is 41.2 Å². The number of anilines is 3. The lowest BCUT2D eigenvalue weighted by Crippen LogP contribution is -2.26. The van der Waals surface area contributed by atoms with Crippen LogP contribution in [0.1, 0.15) is 39.3 Å². The van der Waals surface area contributed by atoms with Gasteiger partial charge < -0.3 is 15.2 Å². The molecule has 4 rings (SSSR count). The number of aryl methyl sites for hydroxylation is 2. The maximum Gasteiger partial charge on any atom is 0.274 e. The van der Waals surface area contributed by atoms with E-state index in [-0.39, 0.29) is 11.7 Å². The summed E-state index contributed by atoms with van der Waals surface area (Å²) in [5.41, 5.74) is 4.51. The summed E-state index contributed by atoms with van der Waals surface area (Å²) in [6.45, 7) is 4.42. The van der Waals surface area contributed by atoms with Gasteiger partial charge in [0.15, 0.2) is 5.78 Å². The molecular weight excluding hydrogens is 316 g/mol. The molecule has 2 aromatic rings. The van der Waals surface area contributed by atoms with Crippen LogP contribution in [0.4, 0.5) is 17.1 Å². The van der Waals surface area contributed by atoms with Crippen LogP contribution in [0.2, 0.25) is 0 Å². The maximum atomic E-state index is 12.6. The Labute approximate surface area is 146 Å². The van der Waals surface area contributed by atoms with E-state index >= 15 is 0 Å². The number of rotatable bonds is 3. The molecule has 0 bridgehead atoms. The van der Waals surface area contributed by atoms with Gasteiger partial charge in [-0.3, -0.25) is 14.5 Å². The molecule has 25 heavy (non-hydrogen) atoms. The van der Waals surface area contributed by atoms with Crippen molar-refractivity contribution in [2.75, 3.05) is 30.3 Å². The lowest BCUT2D eigenvalue weighted by Gasteiger charge is -2.15. The van der Waals surface area contributed by atoms with Crippen LogP contribution in [0, 0.1) is 6.92 Å². The Morgan fingerprint density at radius 3 is 2.68 bits per heavy atom. The van der Waals surface area contributed by atoms with Crippen LogP contribution in [0.5, 0.6) is 0 Å². The number of ketones is 1. The molecule has 1 fully saturated rings. The van der Waals surface area contributed by atoms with Crippen LogP contribution in [0.15, 0.2) is 24.4 Å². The Morgan fingerprint density at radius 1 is 1.16 bits per heavy atom. The van der Waals surface area contributed by atoms with Gasteiger partial charge in [-0.15, -0.1) is 0 Å². The second-order valence-electron chi connectivity index (χ2n) is 6.89. The summed E-state index contributed by atoms with van der Waals surface area (Å²) in [5.74, 6) is -0.0277. The van der Waals surface area contributed by atoms with E-state index in [4.69, 9.17) is 0 Å². The fourth-order valence-electron chi connectivity index (χ4n) is 3.70. The van der Waals surface area contributed by atoms with Gasteiger partial charge in [0, 0.05) is 18.8 Å². The average molecular weight is 338 g/mol. The number of hydrogen-bond donors (Lipinski definition) is 2. The predicted molar refractivity (Wildman–Crippen MR) is 97.8 cm³/mol.